The number of aromatic nitrogens is 4. The normalized spacial score (nSPS) is 15.0. The van der Waals surface area contributed by atoms with E-state index < -0.39 is 0 Å². The Morgan fingerprint density at radius 3 is 2.42 bits per heavy atom. The molecule has 0 amide bonds. The molecule has 0 aliphatic heterocycles. The molecule has 1 N–H and O–H groups in total. The number of aryl methyl sites for hydroxylation is 3. The third-order valence-electron chi connectivity index (χ3n) is 6.28. The molecule has 3 heterocycles. The number of nitrogens with zero attached hydrogens (tertiary/aromatic N) is 3. The average molecular weight is 459 g/mol. The molecule has 0 spiro atoms. The average Bonchev–Trinajstić information content (AvgIpc) is 3.35. The molecule has 6 nitrogen and oxygen atoms in total. The Hall–Kier alpha value is -3.32. The van der Waals surface area contributed by atoms with E-state index in [-0.39, 0.29) is 16.8 Å². The van der Waals surface area contributed by atoms with E-state index in [0.29, 0.717) is 29.0 Å². The van der Waals surface area contributed by atoms with Crippen LogP contribution < -0.4 is 5.56 Å². The lowest BCUT2D eigenvalue weighted by Gasteiger charge is -2.32. The van der Waals surface area contributed by atoms with Crippen LogP contribution in [0.15, 0.2) is 40.5 Å². The van der Waals surface area contributed by atoms with E-state index in [9.17, 15) is 9.59 Å². The summed E-state index contributed by atoms with van der Waals surface area (Å²) in [5, 5.41) is 9.87. The van der Waals surface area contributed by atoms with Crippen LogP contribution in [0.2, 0.25) is 0 Å². The van der Waals surface area contributed by atoms with Crippen LogP contribution in [0.4, 0.5) is 0 Å². The molecule has 33 heavy (non-hydrogen) atoms. The molecule has 1 aromatic carbocycles. The van der Waals surface area contributed by atoms with Crippen molar-refractivity contribution in [2.45, 2.75) is 47.5 Å². The monoisotopic (exact) mass is 458 g/mol. The van der Waals surface area contributed by atoms with Gasteiger partial charge in [-0.15, -0.1) is 11.3 Å². The van der Waals surface area contributed by atoms with Gasteiger partial charge in [0, 0.05) is 28.6 Å². The van der Waals surface area contributed by atoms with Gasteiger partial charge >= 0.3 is 0 Å². The second kappa shape index (κ2) is 7.63. The predicted octanol–water partition coefficient (Wildman–Crippen LogP) is 5.43. The van der Waals surface area contributed by atoms with Gasteiger partial charge in [0.05, 0.1) is 28.3 Å². The van der Waals surface area contributed by atoms with Crippen molar-refractivity contribution in [1.29, 1.82) is 0 Å². The van der Waals surface area contributed by atoms with E-state index in [1.807, 2.05) is 50.4 Å². The molecule has 0 unspecified atom stereocenters. The smallest absolute Gasteiger partial charge is 0.265 e. The summed E-state index contributed by atoms with van der Waals surface area (Å²) in [5.41, 5.74) is 6.67. The van der Waals surface area contributed by atoms with Crippen molar-refractivity contribution in [3.63, 3.8) is 0 Å². The number of H-pyrrole nitrogens is 1. The molecule has 0 saturated heterocycles. The summed E-state index contributed by atoms with van der Waals surface area (Å²) in [6, 6.07) is 9.91. The predicted molar refractivity (Wildman–Crippen MR) is 131 cm³/mol. The quantitative estimate of drug-likeness (QED) is 0.444. The Morgan fingerprint density at radius 2 is 1.76 bits per heavy atom. The van der Waals surface area contributed by atoms with Gasteiger partial charge in [-0.2, -0.15) is 5.10 Å². The summed E-state index contributed by atoms with van der Waals surface area (Å²) < 4.78 is 1.70. The minimum absolute atomic E-state index is 0.0605. The highest BCUT2D eigenvalue weighted by molar-refractivity contribution is 7.13. The highest BCUT2D eigenvalue weighted by Gasteiger charge is 2.35. The molecule has 7 heteroatoms. The number of Topliss-reactive ketones (excluding diaryl/α,β-unsaturated/α-hetero) is 1. The Morgan fingerprint density at radius 1 is 1.03 bits per heavy atom. The van der Waals surface area contributed by atoms with Gasteiger partial charge in [-0.1, -0.05) is 43.7 Å². The zero-order chi connectivity index (χ0) is 23.5. The number of ketones is 1. The number of carbonyl (C=O) groups excluding carboxylic acids is 1. The van der Waals surface area contributed by atoms with E-state index in [0.717, 1.165) is 34.0 Å². The summed E-state index contributed by atoms with van der Waals surface area (Å²) >= 11 is 1.42. The van der Waals surface area contributed by atoms with Crippen LogP contribution in [0.1, 0.15) is 53.3 Å². The maximum absolute atomic E-state index is 13.9. The minimum atomic E-state index is -0.217. The lowest BCUT2D eigenvalue weighted by molar-refractivity contribution is 0.0909. The molecule has 0 atom stereocenters. The van der Waals surface area contributed by atoms with Crippen LogP contribution in [0.5, 0.6) is 0 Å². The van der Waals surface area contributed by atoms with Crippen molar-refractivity contribution in [2.24, 2.45) is 5.41 Å². The standard InChI is InChI=1S/C26H26N4O2S/c1-14-6-8-17(9-7-14)20-13-33-24(27-20)19-10-18-21(11-26(4,5)12-22(18)31)30(25(19)32)23-15(2)28-29-16(23)3/h6-10,13H,11-12H2,1-5H3,(H,28,29). The first-order valence-corrected chi connectivity index (χ1v) is 11.9. The first kappa shape index (κ1) is 21.5. The maximum Gasteiger partial charge on any atom is 0.265 e. The first-order chi connectivity index (χ1) is 15.6. The summed E-state index contributed by atoms with van der Waals surface area (Å²) in [5.74, 6) is 0.0605. The van der Waals surface area contributed by atoms with Crippen molar-refractivity contribution in [2.75, 3.05) is 0 Å². The largest absolute Gasteiger partial charge is 0.294 e. The van der Waals surface area contributed by atoms with Crippen molar-refractivity contribution >= 4 is 17.1 Å². The molecule has 0 fully saturated rings. The lowest BCUT2D eigenvalue weighted by Crippen LogP contribution is -2.35. The zero-order valence-corrected chi connectivity index (χ0v) is 20.3. The molecule has 3 aromatic heterocycles. The maximum atomic E-state index is 13.9. The van der Waals surface area contributed by atoms with Crippen molar-refractivity contribution in [3.05, 3.63) is 74.3 Å². The molecule has 0 radical (unpaired) electrons. The Labute approximate surface area is 196 Å². The SMILES string of the molecule is Cc1ccc(-c2csc(-c3cc4c(n(-c5c(C)n[nH]c5C)c3=O)CC(C)(C)CC4=O)n2)cc1. The highest BCUT2D eigenvalue weighted by Crippen LogP contribution is 2.37. The van der Waals surface area contributed by atoms with Gasteiger partial charge in [0.2, 0.25) is 0 Å². The number of hydrogen-bond donors (Lipinski definition) is 1. The fourth-order valence-corrected chi connectivity index (χ4v) is 5.47. The van der Waals surface area contributed by atoms with Crippen molar-refractivity contribution in [1.82, 2.24) is 19.7 Å². The van der Waals surface area contributed by atoms with Crippen LogP contribution in [0.3, 0.4) is 0 Å². The number of hydrogen-bond acceptors (Lipinski definition) is 5. The van der Waals surface area contributed by atoms with E-state index >= 15 is 0 Å². The number of benzene rings is 1. The molecular weight excluding hydrogens is 432 g/mol. The number of thiazole rings is 1. The zero-order valence-electron chi connectivity index (χ0n) is 19.4. The van der Waals surface area contributed by atoms with E-state index in [4.69, 9.17) is 4.98 Å². The number of aromatic amines is 1. The van der Waals surface area contributed by atoms with Gasteiger partial charge in [-0.3, -0.25) is 19.3 Å². The van der Waals surface area contributed by atoms with Crippen LogP contribution in [0, 0.1) is 26.2 Å². The highest BCUT2D eigenvalue weighted by atomic mass is 32.1. The van der Waals surface area contributed by atoms with Crippen molar-refractivity contribution < 1.29 is 4.79 Å². The number of pyridine rings is 1. The van der Waals surface area contributed by atoms with Gasteiger partial charge in [0.1, 0.15) is 5.01 Å². The van der Waals surface area contributed by atoms with Crippen LogP contribution >= 0.6 is 11.3 Å². The Balaban J connectivity index is 1.75. The first-order valence-electron chi connectivity index (χ1n) is 11.0. The molecule has 168 valence electrons. The fraction of sp³-hybridized carbons (Fsp3) is 0.308. The summed E-state index contributed by atoms with van der Waals surface area (Å²) in [7, 11) is 0. The lowest BCUT2D eigenvalue weighted by atomic mass is 9.75. The van der Waals surface area contributed by atoms with Gasteiger partial charge in [-0.05, 0) is 38.7 Å². The van der Waals surface area contributed by atoms with Crippen LogP contribution in [-0.2, 0) is 6.42 Å². The van der Waals surface area contributed by atoms with E-state index in [2.05, 4.69) is 24.0 Å². The third kappa shape index (κ3) is 3.66. The topological polar surface area (TPSA) is 80.6 Å². The number of fused-ring (bicyclic) bond motifs is 1. The van der Waals surface area contributed by atoms with Gasteiger partial charge in [-0.25, -0.2) is 4.98 Å². The third-order valence-corrected chi connectivity index (χ3v) is 7.16. The Bertz CT molecular complexity index is 1440. The second-order valence-electron chi connectivity index (χ2n) is 9.69. The minimum Gasteiger partial charge on any atom is -0.294 e. The number of rotatable bonds is 3. The summed E-state index contributed by atoms with van der Waals surface area (Å²) in [4.78, 5) is 31.9. The van der Waals surface area contributed by atoms with Gasteiger partial charge < -0.3 is 0 Å². The molecule has 1 aliphatic carbocycles. The molecule has 1 aliphatic rings. The Kier molecular flexibility index (Phi) is 4.97. The molecular formula is C26H26N4O2S. The summed E-state index contributed by atoms with van der Waals surface area (Å²) in [6.07, 6.45) is 1.09. The van der Waals surface area contributed by atoms with Crippen LogP contribution in [-0.4, -0.2) is 25.5 Å². The van der Waals surface area contributed by atoms with Gasteiger partial charge in [0.25, 0.3) is 5.56 Å². The molecule has 5 rings (SSSR count). The molecule has 0 saturated carbocycles. The van der Waals surface area contributed by atoms with E-state index in [1.54, 1.807) is 10.6 Å². The van der Waals surface area contributed by atoms with Crippen molar-refractivity contribution in [3.8, 4) is 27.5 Å². The van der Waals surface area contributed by atoms with Gasteiger partial charge in [0.15, 0.2) is 5.78 Å². The summed E-state index contributed by atoms with van der Waals surface area (Å²) in [6.45, 7) is 9.96. The molecule has 0 bridgehead atoms. The van der Waals surface area contributed by atoms with Crippen LogP contribution in [0.25, 0.3) is 27.5 Å². The fourth-order valence-electron chi connectivity index (χ4n) is 4.63. The number of carbonyl (C=O) groups is 1. The molecule has 4 aromatic rings. The number of nitrogens with one attached hydrogen (secondary N) is 1. The van der Waals surface area contributed by atoms with E-state index in [1.165, 1.54) is 16.9 Å². The second-order valence-corrected chi connectivity index (χ2v) is 10.5.